The molecule has 2 rings (SSSR count). The first-order chi connectivity index (χ1) is 9.99. The van der Waals surface area contributed by atoms with Crippen molar-refractivity contribution in [3.05, 3.63) is 58.8 Å². The van der Waals surface area contributed by atoms with Gasteiger partial charge >= 0.3 is 0 Å². The molecule has 0 radical (unpaired) electrons. The van der Waals surface area contributed by atoms with Crippen molar-refractivity contribution in [3.63, 3.8) is 0 Å². The van der Waals surface area contributed by atoms with E-state index in [0.717, 1.165) is 11.3 Å². The predicted octanol–water partition coefficient (Wildman–Crippen LogP) is 3.01. The lowest BCUT2D eigenvalue weighted by molar-refractivity contribution is 0.0785. The van der Waals surface area contributed by atoms with Gasteiger partial charge in [0.05, 0.1) is 0 Å². The Hall–Kier alpha value is -2.36. The molecule has 4 nitrogen and oxygen atoms in total. The highest BCUT2D eigenvalue weighted by molar-refractivity contribution is 5.94. The number of hydrogen-bond donors (Lipinski definition) is 1. The van der Waals surface area contributed by atoms with Crippen molar-refractivity contribution >= 4 is 11.7 Å². The van der Waals surface area contributed by atoms with E-state index in [4.69, 9.17) is 0 Å². The maximum Gasteiger partial charge on any atom is 0.254 e. The summed E-state index contributed by atoms with van der Waals surface area (Å²) in [6.07, 6.45) is 0. The summed E-state index contributed by atoms with van der Waals surface area (Å²) in [4.78, 5) is 18.6. The molecule has 1 aromatic carbocycles. The van der Waals surface area contributed by atoms with E-state index in [1.807, 2.05) is 32.2 Å². The van der Waals surface area contributed by atoms with Crippen LogP contribution in [0, 0.1) is 13.8 Å². The third kappa shape index (κ3) is 3.81. The number of benzene rings is 1. The molecule has 21 heavy (non-hydrogen) atoms. The summed E-state index contributed by atoms with van der Waals surface area (Å²) in [7, 11) is 3.62. The van der Waals surface area contributed by atoms with Gasteiger partial charge in [-0.15, -0.1) is 0 Å². The van der Waals surface area contributed by atoms with E-state index in [1.54, 1.807) is 18.0 Å². The molecule has 0 aliphatic heterocycles. The molecule has 0 bridgehead atoms. The summed E-state index contributed by atoms with van der Waals surface area (Å²) < 4.78 is 0. The Balaban J connectivity index is 2.17. The van der Waals surface area contributed by atoms with Crippen molar-refractivity contribution < 1.29 is 4.79 Å². The predicted molar refractivity (Wildman–Crippen MR) is 85.5 cm³/mol. The highest BCUT2D eigenvalue weighted by atomic mass is 16.2. The Kier molecular flexibility index (Phi) is 4.58. The van der Waals surface area contributed by atoms with Gasteiger partial charge in [0, 0.05) is 31.9 Å². The van der Waals surface area contributed by atoms with Gasteiger partial charge in [0.15, 0.2) is 0 Å². The molecule has 1 heterocycles. The summed E-state index contributed by atoms with van der Waals surface area (Å²) >= 11 is 0. The lowest BCUT2D eigenvalue weighted by Crippen LogP contribution is -2.26. The first-order valence-corrected chi connectivity index (χ1v) is 6.97. The lowest BCUT2D eigenvalue weighted by Gasteiger charge is -2.18. The highest BCUT2D eigenvalue weighted by Crippen LogP contribution is 2.14. The number of hydrogen-bond acceptors (Lipinski definition) is 3. The van der Waals surface area contributed by atoms with Crippen LogP contribution in [0.25, 0.3) is 0 Å². The maximum atomic E-state index is 12.5. The quantitative estimate of drug-likeness (QED) is 0.938. The van der Waals surface area contributed by atoms with Crippen molar-refractivity contribution in [3.8, 4) is 0 Å². The molecule has 0 aliphatic carbocycles. The molecule has 0 atom stereocenters. The number of anilines is 1. The number of aromatic nitrogens is 1. The fourth-order valence-electron chi connectivity index (χ4n) is 2.30. The van der Waals surface area contributed by atoms with Gasteiger partial charge < -0.3 is 10.2 Å². The van der Waals surface area contributed by atoms with Crippen molar-refractivity contribution in [2.24, 2.45) is 0 Å². The average Bonchev–Trinajstić information content (AvgIpc) is 2.45. The fraction of sp³-hybridized carbons (Fsp3) is 0.294. The first kappa shape index (κ1) is 15.0. The molecule has 1 aromatic heterocycles. The van der Waals surface area contributed by atoms with Crippen LogP contribution in [0.4, 0.5) is 5.82 Å². The molecule has 110 valence electrons. The smallest absolute Gasteiger partial charge is 0.254 e. The number of aryl methyl sites for hydroxylation is 2. The van der Waals surface area contributed by atoms with Crippen molar-refractivity contribution in [2.45, 2.75) is 20.4 Å². The first-order valence-electron chi connectivity index (χ1n) is 6.97. The van der Waals surface area contributed by atoms with Gasteiger partial charge in [0.25, 0.3) is 5.91 Å². The summed E-state index contributed by atoms with van der Waals surface area (Å²) in [6, 6.07) is 11.8. The van der Waals surface area contributed by atoms with E-state index in [0.29, 0.717) is 17.9 Å². The molecule has 0 unspecified atom stereocenters. The van der Waals surface area contributed by atoms with Gasteiger partial charge in [0.1, 0.15) is 5.82 Å². The van der Waals surface area contributed by atoms with Crippen molar-refractivity contribution in [1.29, 1.82) is 0 Å². The summed E-state index contributed by atoms with van der Waals surface area (Å²) in [6.45, 7) is 4.53. The van der Waals surface area contributed by atoms with Gasteiger partial charge in [0.2, 0.25) is 0 Å². The number of pyridine rings is 1. The highest BCUT2D eigenvalue weighted by Gasteiger charge is 2.13. The zero-order valence-electron chi connectivity index (χ0n) is 13.0. The molecule has 1 amide bonds. The SMILES string of the molecule is CNc1cc(C(=O)N(C)Cc2cccc(C)c2)cc(C)n1. The average molecular weight is 283 g/mol. The number of nitrogens with one attached hydrogen (secondary N) is 1. The summed E-state index contributed by atoms with van der Waals surface area (Å²) in [5.74, 6) is 0.709. The molecule has 0 saturated heterocycles. The zero-order valence-corrected chi connectivity index (χ0v) is 13.0. The third-order valence-corrected chi connectivity index (χ3v) is 3.31. The topological polar surface area (TPSA) is 45.2 Å². The van der Waals surface area contributed by atoms with E-state index < -0.39 is 0 Å². The Morgan fingerprint density at radius 2 is 2.00 bits per heavy atom. The van der Waals surface area contributed by atoms with Gasteiger partial charge in [-0.05, 0) is 31.5 Å². The molecular formula is C17H21N3O. The van der Waals surface area contributed by atoms with E-state index in [-0.39, 0.29) is 5.91 Å². The fourth-order valence-corrected chi connectivity index (χ4v) is 2.30. The number of amides is 1. The number of carbonyl (C=O) groups is 1. The Labute approximate surface area is 125 Å². The van der Waals surface area contributed by atoms with E-state index in [1.165, 1.54) is 5.56 Å². The second kappa shape index (κ2) is 6.39. The van der Waals surface area contributed by atoms with Crippen molar-refractivity contribution in [1.82, 2.24) is 9.88 Å². The summed E-state index contributed by atoms with van der Waals surface area (Å²) in [5.41, 5.74) is 3.81. The Morgan fingerprint density at radius 1 is 1.24 bits per heavy atom. The normalized spacial score (nSPS) is 10.3. The van der Waals surface area contributed by atoms with Crippen LogP contribution < -0.4 is 5.32 Å². The molecule has 0 saturated carbocycles. The van der Waals surface area contributed by atoms with Gasteiger partial charge in [-0.2, -0.15) is 0 Å². The van der Waals surface area contributed by atoms with Crippen LogP contribution in [-0.4, -0.2) is 29.9 Å². The largest absolute Gasteiger partial charge is 0.373 e. The Bertz CT molecular complexity index is 652. The molecule has 0 aliphatic rings. The van der Waals surface area contributed by atoms with Crippen molar-refractivity contribution in [2.75, 3.05) is 19.4 Å². The van der Waals surface area contributed by atoms with Crippen LogP contribution in [0.3, 0.4) is 0 Å². The van der Waals surface area contributed by atoms with Crippen LogP contribution in [0.5, 0.6) is 0 Å². The minimum Gasteiger partial charge on any atom is -0.373 e. The minimum atomic E-state index is -0.00138. The minimum absolute atomic E-state index is 0.00138. The van der Waals surface area contributed by atoms with Crippen LogP contribution in [0.1, 0.15) is 27.2 Å². The van der Waals surface area contributed by atoms with E-state index in [2.05, 4.69) is 29.4 Å². The zero-order chi connectivity index (χ0) is 15.4. The number of carbonyl (C=O) groups excluding carboxylic acids is 1. The van der Waals surface area contributed by atoms with Crippen LogP contribution in [0.2, 0.25) is 0 Å². The Morgan fingerprint density at radius 3 is 2.67 bits per heavy atom. The molecule has 4 heteroatoms. The van der Waals surface area contributed by atoms with Crippen LogP contribution >= 0.6 is 0 Å². The van der Waals surface area contributed by atoms with Gasteiger partial charge in [-0.25, -0.2) is 4.98 Å². The maximum absolute atomic E-state index is 12.5. The van der Waals surface area contributed by atoms with E-state index in [9.17, 15) is 4.79 Å². The monoisotopic (exact) mass is 283 g/mol. The second-order valence-electron chi connectivity index (χ2n) is 5.28. The molecule has 1 N–H and O–H groups in total. The number of nitrogens with zero attached hydrogens (tertiary/aromatic N) is 2. The van der Waals surface area contributed by atoms with E-state index >= 15 is 0 Å². The molecule has 0 fully saturated rings. The number of rotatable bonds is 4. The molecular weight excluding hydrogens is 262 g/mol. The second-order valence-corrected chi connectivity index (χ2v) is 5.28. The van der Waals surface area contributed by atoms with Gasteiger partial charge in [-0.3, -0.25) is 4.79 Å². The lowest BCUT2D eigenvalue weighted by atomic mass is 10.1. The molecule has 0 spiro atoms. The van der Waals surface area contributed by atoms with Gasteiger partial charge in [-0.1, -0.05) is 29.8 Å². The summed E-state index contributed by atoms with van der Waals surface area (Å²) in [5, 5.41) is 2.98. The van der Waals surface area contributed by atoms with Crippen LogP contribution in [0.15, 0.2) is 36.4 Å². The van der Waals surface area contributed by atoms with Crippen LogP contribution in [-0.2, 0) is 6.54 Å². The standard InChI is InChI=1S/C17H21N3O/c1-12-6-5-7-14(8-12)11-20(4)17(21)15-9-13(2)19-16(10-15)18-3/h5-10H,11H2,1-4H3,(H,18,19). The third-order valence-electron chi connectivity index (χ3n) is 3.31. The molecule has 2 aromatic rings.